The van der Waals surface area contributed by atoms with E-state index < -0.39 is 6.10 Å². The van der Waals surface area contributed by atoms with Crippen molar-refractivity contribution in [3.8, 4) is 17.2 Å². The van der Waals surface area contributed by atoms with Crippen molar-refractivity contribution >= 4 is 23.2 Å². The first-order valence-corrected chi connectivity index (χ1v) is 7.36. The zero-order valence-electron chi connectivity index (χ0n) is 13.1. The topological polar surface area (TPSA) is 56.8 Å². The Morgan fingerprint density at radius 2 is 1.70 bits per heavy atom. The van der Waals surface area contributed by atoms with Gasteiger partial charge in [-0.1, -0.05) is 11.6 Å². The van der Waals surface area contributed by atoms with Gasteiger partial charge in [0.2, 0.25) is 0 Å². The van der Waals surface area contributed by atoms with Crippen LogP contribution in [0.4, 0.5) is 5.69 Å². The predicted molar refractivity (Wildman–Crippen MR) is 89.7 cm³/mol. The summed E-state index contributed by atoms with van der Waals surface area (Å²) in [5.41, 5.74) is 0.596. The lowest BCUT2D eigenvalue weighted by atomic mass is 10.2. The summed E-state index contributed by atoms with van der Waals surface area (Å²) in [6.07, 6.45) is -0.663. The lowest BCUT2D eigenvalue weighted by Crippen LogP contribution is -2.30. The van der Waals surface area contributed by atoms with Crippen molar-refractivity contribution in [3.05, 3.63) is 47.5 Å². The van der Waals surface area contributed by atoms with Crippen molar-refractivity contribution in [1.82, 2.24) is 0 Å². The molecule has 2 rings (SSSR count). The van der Waals surface area contributed by atoms with Gasteiger partial charge in [0.25, 0.3) is 5.91 Å². The maximum Gasteiger partial charge on any atom is 0.265 e. The van der Waals surface area contributed by atoms with Crippen LogP contribution in [0, 0.1) is 0 Å². The fourth-order valence-corrected chi connectivity index (χ4v) is 2.05. The molecule has 1 amide bonds. The molecule has 0 saturated heterocycles. The Kier molecular flexibility index (Phi) is 5.71. The van der Waals surface area contributed by atoms with Crippen molar-refractivity contribution in [3.63, 3.8) is 0 Å². The van der Waals surface area contributed by atoms with Crippen LogP contribution in [0.15, 0.2) is 42.5 Å². The Morgan fingerprint density at radius 1 is 1.04 bits per heavy atom. The first-order valence-electron chi connectivity index (χ1n) is 6.98. The number of hydrogen-bond acceptors (Lipinski definition) is 4. The minimum Gasteiger partial charge on any atom is -0.493 e. The zero-order chi connectivity index (χ0) is 16.8. The maximum atomic E-state index is 12.2. The summed E-state index contributed by atoms with van der Waals surface area (Å²) in [6.45, 7) is 1.67. The smallest absolute Gasteiger partial charge is 0.265 e. The van der Waals surface area contributed by atoms with Gasteiger partial charge < -0.3 is 19.5 Å². The number of hydrogen-bond donors (Lipinski definition) is 1. The molecule has 0 aliphatic heterocycles. The van der Waals surface area contributed by atoms with E-state index in [1.807, 2.05) is 0 Å². The molecule has 1 N–H and O–H groups in total. The molecule has 0 saturated carbocycles. The third-order valence-corrected chi connectivity index (χ3v) is 3.40. The molecule has 1 unspecified atom stereocenters. The number of rotatable bonds is 6. The van der Waals surface area contributed by atoms with E-state index in [9.17, 15) is 4.79 Å². The Morgan fingerprint density at radius 3 is 2.30 bits per heavy atom. The van der Waals surface area contributed by atoms with Crippen LogP contribution in [0.1, 0.15) is 6.92 Å². The molecule has 0 aliphatic rings. The standard InChI is InChI=1S/C17H18ClNO4/c1-11(23-14-7-4-12(18)5-8-14)17(20)19-13-6-9-15(21-2)16(10-13)22-3/h4-11H,1-3H3,(H,19,20). The highest BCUT2D eigenvalue weighted by atomic mass is 35.5. The van der Waals surface area contributed by atoms with Crippen LogP contribution in [0.2, 0.25) is 5.02 Å². The number of anilines is 1. The molecule has 2 aromatic rings. The second-order valence-corrected chi connectivity index (χ2v) is 5.21. The van der Waals surface area contributed by atoms with Crippen LogP contribution in [0.5, 0.6) is 17.2 Å². The molecule has 5 nitrogen and oxygen atoms in total. The minimum atomic E-state index is -0.663. The summed E-state index contributed by atoms with van der Waals surface area (Å²) in [5.74, 6) is 1.43. The van der Waals surface area contributed by atoms with Crippen LogP contribution in [0.3, 0.4) is 0 Å². The number of benzene rings is 2. The van der Waals surface area contributed by atoms with Gasteiger partial charge in [-0.15, -0.1) is 0 Å². The molecule has 0 bridgehead atoms. The highest BCUT2D eigenvalue weighted by Gasteiger charge is 2.16. The van der Waals surface area contributed by atoms with Gasteiger partial charge in [0.15, 0.2) is 17.6 Å². The summed E-state index contributed by atoms with van der Waals surface area (Å²) in [5, 5.41) is 3.38. The number of nitrogens with one attached hydrogen (secondary N) is 1. The SMILES string of the molecule is COc1ccc(NC(=O)C(C)Oc2ccc(Cl)cc2)cc1OC. The highest BCUT2D eigenvalue weighted by molar-refractivity contribution is 6.30. The quantitative estimate of drug-likeness (QED) is 0.873. The van der Waals surface area contributed by atoms with Crippen molar-refractivity contribution in [1.29, 1.82) is 0 Å². The van der Waals surface area contributed by atoms with E-state index in [4.69, 9.17) is 25.8 Å². The number of carbonyl (C=O) groups is 1. The van der Waals surface area contributed by atoms with Gasteiger partial charge in [0.1, 0.15) is 5.75 Å². The van der Waals surface area contributed by atoms with Gasteiger partial charge in [-0.05, 0) is 43.3 Å². The Labute approximate surface area is 140 Å². The number of methoxy groups -OCH3 is 2. The van der Waals surface area contributed by atoms with Crippen LogP contribution in [0.25, 0.3) is 0 Å². The fourth-order valence-electron chi connectivity index (χ4n) is 1.93. The average molecular weight is 336 g/mol. The number of ether oxygens (including phenoxy) is 3. The van der Waals surface area contributed by atoms with E-state index in [1.54, 1.807) is 56.5 Å². The second kappa shape index (κ2) is 7.74. The van der Waals surface area contributed by atoms with E-state index >= 15 is 0 Å². The van der Waals surface area contributed by atoms with E-state index in [1.165, 1.54) is 7.11 Å². The summed E-state index contributed by atoms with van der Waals surface area (Å²) in [7, 11) is 3.09. The molecule has 23 heavy (non-hydrogen) atoms. The molecule has 0 radical (unpaired) electrons. The third-order valence-electron chi connectivity index (χ3n) is 3.15. The molecular formula is C17H18ClNO4. The summed E-state index contributed by atoms with van der Waals surface area (Å²) in [4.78, 5) is 12.2. The van der Waals surface area contributed by atoms with E-state index in [2.05, 4.69) is 5.32 Å². The van der Waals surface area contributed by atoms with E-state index in [0.29, 0.717) is 28.0 Å². The molecule has 0 heterocycles. The molecule has 0 aliphatic carbocycles. The van der Waals surface area contributed by atoms with Crippen LogP contribution in [-0.2, 0) is 4.79 Å². The molecule has 0 aromatic heterocycles. The Bertz CT molecular complexity index is 673. The highest BCUT2D eigenvalue weighted by Crippen LogP contribution is 2.29. The summed E-state index contributed by atoms with van der Waals surface area (Å²) < 4.78 is 15.9. The van der Waals surface area contributed by atoms with Gasteiger partial charge in [-0.3, -0.25) is 4.79 Å². The van der Waals surface area contributed by atoms with Crippen molar-refractivity contribution < 1.29 is 19.0 Å². The number of halogens is 1. The van der Waals surface area contributed by atoms with Gasteiger partial charge in [0, 0.05) is 16.8 Å². The Hall–Kier alpha value is -2.40. The van der Waals surface area contributed by atoms with Gasteiger partial charge in [-0.25, -0.2) is 0 Å². The monoisotopic (exact) mass is 335 g/mol. The second-order valence-electron chi connectivity index (χ2n) is 4.77. The van der Waals surface area contributed by atoms with Gasteiger partial charge >= 0.3 is 0 Å². The number of carbonyl (C=O) groups excluding carboxylic acids is 1. The molecule has 2 aromatic carbocycles. The van der Waals surface area contributed by atoms with E-state index in [-0.39, 0.29) is 5.91 Å². The van der Waals surface area contributed by atoms with E-state index in [0.717, 1.165) is 0 Å². The van der Waals surface area contributed by atoms with Crippen molar-refractivity contribution in [2.24, 2.45) is 0 Å². The molecule has 122 valence electrons. The van der Waals surface area contributed by atoms with Crippen LogP contribution < -0.4 is 19.5 Å². The zero-order valence-corrected chi connectivity index (χ0v) is 13.9. The average Bonchev–Trinajstić information content (AvgIpc) is 2.56. The summed E-state index contributed by atoms with van der Waals surface area (Å²) in [6, 6.07) is 12.0. The molecule has 0 spiro atoms. The minimum absolute atomic E-state index is 0.271. The number of amides is 1. The predicted octanol–water partition coefficient (Wildman–Crippen LogP) is 3.76. The lowest BCUT2D eigenvalue weighted by Gasteiger charge is -2.15. The molecule has 1 atom stereocenters. The largest absolute Gasteiger partial charge is 0.493 e. The van der Waals surface area contributed by atoms with Gasteiger partial charge in [-0.2, -0.15) is 0 Å². The molecular weight excluding hydrogens is 318 g/mol. The fraction of sp³-hybridized carbons (Fsp3) is 0.235. The van der Waals surface area contributed by atoms with Crippen molar-refractivity contribution in [2.75, 3.05) is 19.5 Å². The third kappa shape index (κ3) is 4.53. The normalized spacial score (nSPS) is 11.5. The Balaban J connectivity index is 2.01. The first kappa shape index (κ1) is 17.0. The first-order chi connectivity index (χ1) is 11.0. The summed E-state index contributed by atoms with van der Waals surface area (Å²) >= 11 is 5.81. The molecule has 0 fully saturated rings. The molecule has 6 heteroatoms. The van der Waals surface area contributed by atoms with Gasteiger partial charge in [0.05, 0.1) is 14.2 Å². The maximum absolute atomic E-state index is 12.2. The van der Waals surface area contributed by atoms with Crippen LogP contribution in [-0.4, -0.2) is 26.2 Å². The lowest BCUT2D eigenvalue weighted by molar-refractivity contribution is -0.122. The van der Waals surface area contributed by atoms with Crippen molar-refractivity contribution in [2.45, 2.75) is 13.0 Å². The van der Waals surface area contributed by atoms with Crippen LogP contribution >= 0.6 is 11.6 Å².